The lowest BCUT2D eigenvalue weighted by Crippen LogP contribution is -2.11. The summed E-state index contributed by atoms with van der Waals surface area (Å²) in [6.07, 6.45) is 0. The fourth-order valence-electron chi connectivity index (χ4n) is 1.98. The number of hydrogen-bond donors (Lipinski definition) is 0. The minimum atomic E-state index is -1.08. The Morgan fingerprint density at radius 2 is 1.86 bits per heavy atom. The number of rotatable bonds is 4. The Kier molecular flexibility index (Phi) is 4.61. The van der Waals surface area contributed by atoms with E-state index in [9.17, 15) is 4.21 Å². The maximum Gasteiger partial charge on any atom is 0.242 e. The van der Waals surface area contributed by atoms with E-state index in [4.69, 9.17) is 4.52 Å². The summed E-state index contributed by atoms with van der Waals surface area (Å²) >= 11 is 0. The van der Waals surface area contributed by atoms with Crippen LogP contribution in [-0.4, -0.2) is 14.3 Å². The molecule has 1 heterocycles. The van der Waals surface area contributed by atoms with Crippen molar-refractivity contribution in [3.63, 3.8) is 0 Å². The quantitative estimate of drug-likeness (QED) is 0.864. The number of aromatic nitrogens is 2. The minimum absolute atomic E-state index is 0.131. The molecule has 2 aromatic rings. The third kappa shape index (κ3) is 4.00. The van der Waals surface area contributed by atoms with Crippen LogP contribution in [-0.2, 0) is 22.0 Å². The topological polar surface area (TPSA) is 56.0 Å². The second-order valence-electron chi connectivity index (χ2n) is 6.29. The highest BCUT2D eigenvalue weighted by Crippen LogP contribution is 2.24. The van der Waals surface area contributed by atoms with Gasteiger partial charge >= 0.3 is 0 Å². The lowest BCUT2D eigenvalue weighted by Gasteiger charge is -2.19. The van der Waals surface area contributed by atoms with Crippen LogP contribution in [0.1, 0.15) is 55.8 Å². The zero-order valence-electron chi connectivity index (χ0n) is 13.2. The summed E-state index contributed by atoms with van der Waals surface area (Å²) < 4.78 is 17.5. The fraction of sp³-hybridized carbons (Fsp3) is 0.500. The van der Waals surface area contributed by atoms with Gasteiger partial charge in [-0.3, -0.25) is 4.21 Å². The first-order chi connectivity index (χ1) is 9.77. The molecular formula is C16H22N2O2S. The molecule has 1 aromatic heterocycles. The number of nitrogens with zero attached hydrogens (tertiary/aromatic N) is 2. The number of benzene rings is 1. The Morgan fingerprint density at radius 3 is 2.33 bits per heavy atom. The lowest BCUT2D eigenvalue weighted by molar-refractivity contribution is 0.375. The maximum absolute atomic E-state index is 12.4. The molecule has 5 heteroatoms. The van der Waals surface area contributed by atoms with Crippen LogP contribution < -0.4 is 0 Å². The molecule has 0 saturated carbocycles. The Balaban J connectivity index is 2.06. The molecule has 1 aromatic carbocycles. The van der Waals surface area contributed by atoms with E-state index in [2.05, 4.69) is 43.0 Å². The van der Waals surface area contributed by atoms with Gasteiger partial charge < -0.3 is 4.52 Å². The van der Waals surface area contributed by atoms with E-state index in [0.29, 0.717) is 17.5 Å². The third-order valence-electron chi connectivity index (χ3n) is 3.41. The smallest absolute Gasteiger partial charge is 0.242 e. The molecule has 0 bridgehead atoms. The highest BCUT2D eigenvalue weighted by Gasteiger charge is 2.20. The van der Waals surface area contributed by atoms with Gasteiger partial charge in [0.1, 0.15) is 5.25 Å². The van der Waals surface area contributed by atoms with Crippen LogP contribution in [0, 0.1) is 6.92 Å². The second kappa shape index (κ2) is 6.10. The molecule has 0 fully saturated rings. The summed E-state index contributed by atoms with van der Waals surface area (Å²) in [6, 6.07) is 8.30. The molecule has 2 rings (SSSR count). The standard InChI is InChI=1S/C16H22N2O2S/c1-11(15-17-12(2)18-20-15)21(19)10-13-6-8-14(9-7-13)16(3,4)5/h6-9,11H,10H2,1-5H3/t11-,21+/m0/s1. The molecule has 2 atom stereocenters. The van der Waals surface area contributed by atoms with Crippen molar-refractivity contribution in [1.82, 2.24) is 10.1 Å². The highest BCUT2D eigenvalue weighted by atomic mass is 32.2. The van der Waals surface area contributed by atoms with Crippen molar-refractivity contribution >= 4 is 10.8 Å². The van der Waals surface area contributed by atoms with Crippen molar-refractivity contribution in [1.29, 1.82) is 0 Å². The zero-order chi connectivity index (χ0) is 15.6. The van der Waals surface area contributed by atoms with Crippen LogP contribution in [0.2, 0.25) is 0 Å². The van der Waals surface area contributed by atoms with Crippen LogP contribution in [0.4, 0.5) is 0 Å². The first kappa shape index (κ1) is 15.9. The van der Waals surface area contributed by atoms with Gasteiger partial charge in [0.05, 0.1) is 0 Å². The van der Waals surface area contributed by atoms with Crippen LogP contribution >= 0.6 is 0 Å². The largest absolute Gasteiger partial charge is 0.338 e. The van der Waals surface area contributed by atoms with Crippen molar-refractivity contribution < 1.29 is 8.73 Å². The van der Waals surface area contributed by atoms with E-state index in [0.717, 1.165) is 5.56 Å². The van der Waals surface area contributed by atoms with E-state index in [1.54, 1.807) is 6.92 Å². The molecule has 114 valence electrons. The van der Waals surface area contributed by atoms with Crippen molar-refractivity contribution in [3.05, 3.63) is 47.1 Å². The average molecular weight is 306 g/mol. The van der Waals surface area contributed by atoms with Gasteiger partial charge in [0.2, 0.25) is 5.89 Å². The Hall–Kier alpha value is -1.49. The Bertz CT molecular complexity index is 626. The lowest BCUT2D eigenvalue weighted by atomic mass is 9.87. The molecule has 0 radical (unpaired) electrons. The molecule has 4 nitrogen and oxygen atoms in total. The molecule has 0 spiro atoms. The maximum atomic E-state index is 12.4. The van der Waals surface area contributed by atoms with Crippen LogP contribution in [0.15, 0.2) is 28.8 Å². The van der Waals surface area contributed by atoms with E-state index < -0.39 is 10.8 Å². The van der Waals surface area contributed by atoms with Gasteiger partial charge in [0.15, 0.2) is 5.82 Å². The Morgan fingerprint density at radius 1 is 1.24 bits per heavy atom. The summed E-state index contributed by atoms with van der Waals surface area (Å²) in [6.45, 7) is 10.2. The van der Waals surface area contributed by atoms with Gasteiger partial charge in [-0.05, 0) is 30.4 Å². The SMILES string of the molecule is Cc1noc([C@H](C)[S@](=O)Cc2ccc(C(C)(C)C)cc2)n1. The Labute approximate surface area is 128 Å². The zero-order valence-corrected chi connectivity index (χ0v) is 14.0. The minimum Gasteiger partial charge on any atom is -0.338 e. The molecule has 0 unspecified atom stereocenters. The normalized spacial score (nSPS) is 14.9. The van der Waals surface area contributed by atoms with Gasteiger partial charge in [-0.1, -0.05) is 50.2 Å². The van der Waals surface area contributed by atoms with Crippen molar-refractivity contribution in [2.45, 2.75) is 51.0 Å². The van der Waals surface area contributed by atoms with E-state index in [1.165, 1.54) is 5.56 Å². The van der Waals surface area contributed by atoms with Gasteiger partial charge in [-0.25, -0.2) is 0 Å². The molecule has 0 saturated heterocycles. The van der Waals surface area contributed by atoms with Crippen molar-refractivity contribution in [2.75, 3.05) is 0 Å². The number of aryl methyl sites for hydroxylation is 1. The average Bonchev–Trinajstić information content (AvgIpc) is 2.84. The monoisotopic (exact) mass is 306 g/mol. The summed E-state index contributed by atoms with van der Waals surface area (Å²) in [5, 5.41) is 3.49. The van der Waals surface area contributed by atoms with Gasteiger partial charge in [0, 0.05) is 16.6 Å². The first-order valence-electron chi connectivity index (χ1n) is 7.04. The van der Waals surface area contributed by atoms with Crippen molar-refractivity contribution in [2.24, 2.45) is 0 Å². The van der Waals surface area contributed by atoms with Gasteiger partial charge in [-0.2, -0.15) is 4.98 Å². The molecule has 0 aliphatic rings. The molecule has 0 aliphatic heterocycles. The molecule has 0 N–H and O–H groups in total. The predicted octanol–water partition coefficient (Wildman–Crippen LogP) is 3.69. The summed E-state index contributed by atoms with van der Waals surface area (Å²) in [4.78, 5) is 4.15. The third-order valence-corrected chi connectivity index (χ3v) is 5.02. The first-order valence-corrected chi connectivity index (χ1v) is 8.42. The summed E-state index contributed by atoms with van der Waals surface area (Å²) in [5.41, 5.74) is 2.47. The summed E-state index contributed by atoms with van der Waals surface area (Å²) in [5.74, 6) is 1.51. The van der Waals surface area contributed by atoms with E-state index in [-0.39, 0.29) is 10.7 Å². The molecule has 0 aliphatic carbocycles. The van der Waals surface area contributed by atoms with Gasteiger partial charge in [0.25, 0.3) is 0 Å². The van der Waals surface area contributed by atoms with Crippen LogP contribution in [0.3, 0.4) is 0 Å². The predicted molar refractivity (Wildman–Crippen MR) is 84.4 cm³/mol. The summed E-state index contributed by atoms with van der Waals surface area (Å²) in [7, 11) is -1.08. The molecular weight excluding hydrogens is 284 g/mol. The van der Waals surface area contributed by atoms with Crippen LogP contribution in [0.25, 0.3) is 0 Å². The highest BCUT2D eigenvalue weighted by molar-refractivity contribution is 7.84. The van der Waals surface area contributed by atoms with Gasteiger partial charge in [-0.15, -0.1) is 0 Å². The molecule has 21 heavy (non-hydrogen) atoms. The number of hydrogen-bond acceptors (Lipinski definition) is 4. The second-order valence-corrected chi connectivity index (χ2v) is 8.05. The molecule has 0 amide bonds. The fourth-order valence-corrected chi connectivity index (χ4v) is 3.07. The van der Waals surface area contributed by atoms with E-state index >= 15 is 0 Å². The van der Waals surface area contributed by atoms with E-state index in [1.807, 2.05) is 19.1 Å². The van der Waals surface area contributed by atoms with Crippen LogP contribution in [0.5, 0.6) is 0 Å². The van der Waals surface area contributed by atoms with Crippen molar-refractivity contribution in [3.8, 4) is 0 Å².